The maximum Gasteiger partial charge on any atom is 0.335 e. The Hall–Kier alpha value is -3.21. The zero-order valence-electron chi connectivity index (χ0n) is 16.5. The Labute approximate surface area is 204 Å². The smallest absolute Gasteiger partial charge is 0.335 e. The van der Waals surface area contributed by atoms with E-state index in [0.29, 0.717) is 26.1 Å². The van der Waals surface area contributed by atoms with Crippen LogP contribution in [0.25, 0.3) is 6.08 Å². The van der Waals surface area contributed by atoms with Gasteiger partial charge in [0.15, 0.2) is 16.6 Å². The van der Waals surface area contributed by atoms with Gasteiger partial charge in [0.05, 0.1) is 10.2 Å². The zero-order valence-corrected chi connectivity index (χ0v) is 19.6. The van der Waals surface area contributed by atoms with Crippen LogP contribution in [0, 0.1) is 0 Å². The van der Waals surface area contributed by atoms with Gasteiger partial charge in [-0.3, -0.25) is 14.9 Å². The van der Waals surface area contributed by atoms with Crippen molar-refractivity contribution in [3.63, 3.8) is 0 Å². The van der Waals surface area contributed by atoms with Crippen LogP contribution < -0.4 is 19.7 Å². The van der Waals surface area contributed by atoms with E-state index in [0.717, 1.165) is 9.80 Å². The summed E-state index contributed by atoms with van der Waals surface area (Å²) in [6.07, 6.45) is 1.29. The van der Waals surface area contributed by atoms with Crippen molar-refractivity contribution in [2.75, 3.05) is 11.7 Å². The molecule has 0 saturated carbocycles. The number of rotatable bonds is 4. The molecule has 3 heterocycles. The summed E-state index contributed by atoms with van der Waals surface area (Å²) in [4.78, 5) is 39.7. The number of amides is 4. The molecule has 2 aliphatic rings. The number of benzene rings is 2. The Morgan fingerprint density at radius 3 is 2.58 bits per heavy atom. The summed E-state index contributed by atoms with van der Waals surface area (Å²) in [5.41, 5.74) is -0.0173. The molecule has 33 heavy (non-hydrogen) atoms. The molecule has 1 aromatic heterocycles. The lowest BCUT2D eigenvalue weighted by atomic mass is 10.1. The lowest BCUT2D eigenvalue weighted by Crippen LogP contribution is -2.54. The fourth-order valence-electron chi connectivity index (χ4n) is 3.18. The quantitative estimate of drug-likeness (QED) is 0.352. The van der Waals surface area contributed by atoms with E-state index in [1.165, 1.54) is 30.0 Å². The average molecular weight is 548 g/mol. The number of ether oxygens (including phenoxy) is 2. The van der Waals surface area contributed by atoms with Gasteiger partial charge in [-0.15, -0.1) is 0 Å². The summed E-state index contributed by atoms with van der Waals surface area (Å²) in [7, 11) is 0. The van der Waals surface area contributed by atoms with Crippen molar-refractivity contribution in [3.8, 4) is 11.5 Å². The number of furan rings is 1. The van der Waals surface area contributed by atoms with Crippen LogP contribution in [-0.4, -0.2) is 24.6 Å². The van der Waals surface area contributed by atoms with E-state index in [9.17, 15) is 14.4 Å². The molecule has 0 aliphatic carbocycles. The second kappa shape index (κ2) is 8.62. The highest BCUT2D eigenvalue weighted by molar-refractivity contribution is 9.10. The molecule has 8 nitrogen and oxygen atoms in total. The van der Waals surface area contributed by atoms with E-state index in [1.807, 2.05) is 12.1 Å². The summed E-state index contributed by atoms with van der Waals surface area (Å²) < 4.78 is 17.0. The topological polar surface area (TPSA) is 98.1 Å². The van der Waals surface area contributed by atoms with Gasteiger partial charge in [0, 0.05) is 16.0 Å². The first-order valence-corrected chi connectivity index (χ1v) is 11.4. The second-order valence-electron chi connectivity index (χ2n) is 6.84. The third kappa shape index (κ3) is 4.24. The minimum Gasteiger partial charge on any atom is -0.454 e. The molecular formula is C22H12BrClN2O6S. The van der Waals surface area contributed by atoms with Gasteiger partial charge in [-0.25, -0.2) is 9.69 Å². The van der Waals surface area contributed by atoms with E-state index in [1.54, 1.807) is 24.3 Å². The molecule has 3 aromatic rings. The van der Waals surface area contributed by atoms with Crippen molar-refractivity contribution >= 4 is 68.9 Å². The lowest BCUT2D eigenvalue weighted by molar-refractivity contribution is -0.122. The molecule has 5 rings (SSSR count). The molecule has 1 saturated heterocycles. The SMILES string of the molecule is O=C1NC(=O)N(c2ccc3c(c2)OCO3)C(=O)C1=Cc1cc(Br)c(Sc2ccc(Cl)cc2)o1. The van der Waals surface area contributed by atoms with Gasteiger partial charge in [-0.2, -0.15) is 0 Å². The van der Waals surface area contributed by atoms with E-state index in [-0.39, 0.29) is 23.8 Å². The predicted octanol–water partition coefficient (Wildman–Crippen LogP) is 5.24. The number of carbonyl (C=O) groups is 3. The Morgan fingerprint density at radius 2 is 1.79 bits per heavy atom. The van der Waals surface area contributed by atoms with Gasteiger partial charge in [0.2, 0.25) is 6.79 Å². The summed E-state index contributed by atoms with van der Waals surface area (Å²) in [5, 5.41) is 3.32. The maximum absolute atomic E-state index is 13.1. The summed E-state index contributed by atoms with van der Waals surface area (Å²) >= 11 is 10.7. The fourth-order valence-corrected chi connectivity index (χ4v) is 4.63. The highest BCUT2D eigenvalue weighted by atomic mass is 79.9. The molecule has 0 spiro atoms. The molecule has 0 radical (unpaired) electrons. The van der Waals surface area contributed by atoms with Gasteiger partial charge in [-0.1, -0.05) is 23.4 Å². The van der Waals surface area contributed by atoms with Crippen LogP contribution in [0.1, 0.15) is 5.76 Å². The number of barbiturate groups is 1. The molecule has 1 N–H and O–H groups in total. The van der Waals surface area contributed by atoms with E-state index in [4.69, 9.17) is 25.5 Å². The second-order valence-corrected chi connectivity index (χ2v) is 9.17. The number of nitrogens with one attached hydrogen (secondary N) is 1. The highest BCUT2D eigenvalue weighted by Gasteiger charge is 2.37. The first-order valence-electron chi connectivity index (χ1n) is 9.43. The minimum atomic E-state index is -0.861. The van der Waals surface area contributed by atoms with Crippen molar-refractivity contribution in [1.29, 1.82) is 0 Å². The normalized spacial score (nSPS) is 16.5. The van der Waals surface area contributed by atoms with Gasteiger partial charge in [-0.05, 0) is 64.5 Å². The number of nitrogens with zero attached hydrogens (tertiary/aromatic N) is 1. The molecule has 11 heteroatoms. The zero-order chi connectivity index (χ0) is 23.1. The number of hydrogen-bond donors (Lipinski definition) is 1. The van der Waals surface area contributed by atoms with Gasteiger partial charge in [0.1, 0.15) is 11.3 Å². The van der Waals surface area contributed by atoms with Crippen molar-refractivity contribution in [2.24, 2.45) is 0 Å². The lowest BCUT2D eigenvalue weighted by Gasteiger charge is -2.26. The molecule has 4 amide bonds. The molecule has 1 fully saturated rings. The first kappa shape index (κ1) is 21.6. The number of urea groups is 1. The van der Waals surface area contributed by atoms with Crippen LogP contribution in [0.15, 0.2) is 73.0 Å². The molecular weight excluding hydrogens is 536 g/mol. The number of imide groups is 2. The molecule has 2 aromatic carbocycles. The van der Waals surface area contributed by atoms with Gasteiger partial charge >= 0.3 is 6.03 Å². The van der Waals surface area contributed by atoms with Crippen molar-refractivity contribution in [3.05, 3.63) is 69.4 Å². The summed E-state index contributed by atoms with van der Waals surface area (Å²) in [6, 6.07) is 12.6. The Morgan fingerprint density at radius 1 is 1.03 bits per heavy atom. The standard InChI is InChI=1S/C22H12BrClN2O6S/c23-16-9-13(32-21(16)33-14-4-1-11(24)2-5-14)8-15-19(27)25-22(29)26(20(15)28)12-3-6-17-18(7-12)31-10-30-17/h1-9H,10H2,(H,25,27,29). The van der Waals surface area contributed by atoms with Crippen LogP contribution in [-0.2, 0) is 9.59 Å². The third-order valence-corrected chi connectivity index (χ3v) is 6.80. The fraction of sp³-hybridized carbons (Fsp3) is 0.0455. The number of hydrogen-bond acceptors (Lipinski definition) is 7. The van der Waals surface area contributed by atoms with Crippen LogP contribution in [0.4, 0.5) is 10.5 Å². The maximum atomic E-state index is 13.1. The van der Waals surface area contributed by atoms with E-state index < -0.39 is 17.8 Å². The number of carbonyl (C=O) groups excluding carboxylic acids is 3. The molecule has 0 atom stereocenters. The largest absolute Gasteiger partial charge is 0.454 e. The molecule has 2 aliphatic heterocycles. The van der Waals surface area contributed by atoms with Gasteiger partial charge in [0.25, 0.3) is 11.8 Å². The molecule has 0 bridgehead atoms. The van der Waals surface area contributed by atoms with Crippen LogP contribution in [0.2, 0.25) is 5.02 Å². The Balaban J connectivity index is 1.44. The Bertz CT molecular complexity index is 1340. The average Bonchev–Trinajstić information content (AvgIpc) is 3.38. The third-order valence-electron chi connectivity index (χ3n) is 4.70. The predicted molar refractivity (Wildman–Crippen MR) is 124 cm³/mol. The van der Waals surface area contributed by atoms with Crippen LogP contribution in [0.3, 0.4) is 0 Å². The number of halogens is 2. The molecule has 166 valence electrons. The van der Waals surface area contributed by atoms with E-state index >= 15 is 0 Å². The number of anilines is 1. The van der Waals surface area contributed by atoms with Crippen LogP contribution in [0.5, 0.6) is 11.5 Å². The summed E-state index contributed by atoms with van der Waals surface area (Å²) in [6.45, 7) is 0.0479. The molecule has 0 unspecified atom stereocenters. The first-order chi connectivity index (χ1) is 15.9. The minimum absolute atomic E-state index is 0.0479. The van der Waals surface area contributed by atoms with Crippen LogP contribution >= 0.6 is 39.3 Å². The van der Waals surface area contributed by atoms with Crippen molar-refractivity contribution in [2.45, 2.75) is 9.99 Å². The van der Waals surface area contributed by atoms with E-state index in [2.05, 4.69) is 21.2 Å². The van der Waals surface area contributed by atoms with Crippen molar-refractivity contribution < 1.29 is 28.3 Å². The van der Waals surface area contributed by atoms with Gasteiger partial charge < -0.3 is 13.9 Å². The summed E-state index contributed by atoms with van der Waals surface area (Å²) in [5.74, 6) is -0.448. The van der Waals surface area contributed by atoms with Crippen molar-refractivity contribution in [1.82, 2.24) is 5.32 Å². The Kier molecular flexibility index (Phi) is 5.65. The monoisotopic (exact) mass is 546 g/mol. The highest BCUT2D eigenvalue weighted by Crippen LogP contribution is 2.38. The number of fused-ring (bicyclic) bond motifs is 1.